The minimum atomic E-state index is -3.41. The minimum Gasteiger partial charge on any atom is -0.211 e. The number of hydrogen-bond donors (Lipinski definition) is 1. The molecule has 16 heavy (non-hydrogen) atoms. The van der Waals surface area contributed by atoms with E-state index in [4.69, 9.17) is 11.6 Å². The number of alkyl halides is 1. The van der Waals surface area contributed by atoms with Crippen LogP contribution in [0.3, 0.4) is 0 Å². The van der Waals surface area contributed by atoms with Gasteiger partial charge in [0.1, 0.15) is 0 Å². The van der Waals surface area contributed by atoms with E-state index in [0.29, 0.717) is 11.6 Å². The normalized spacial score (nSPS) is 11.6. The van der Waals surface area contributed by atoms with Crippen molar-refractivity contribution >= 4 is 37.6 Å². The summed E-state index contributed by atoms with van der Waals surface area (Å²) in [4.78, 5) is 0.207. The molecule has 1 aromatic rings. The van der Waals surface area contributed by atoms with Crippen molar-refractivity contribution in [2.24, 2.45) is 0 Å². The monoisotopic (exact) mass is 325 g/mol. The second-order valence-electron chi connectivity index (χ2n) is 3.25. The van der Waals surface area contributed by atoms with Gasteiger partial charge in [-0.25, -0.2) is 13.1 Å². The van der Waals surface area contributed by atoms with E-state index < -0.39 is 10.0 Å². The lowest BCUT2D eigenvalue weighted by atomic mass is 10.3. The molecule has 0 spiro atoms. The quantitative estimate of drug-likeness (QED) is 0.645. The number of hydrogen-bond acceptors (Lipinski definition) is 2. The number of nitrogens with one attached hydrogen (secondary N) is 1. The largest absolute Gasteiger partial charge is 0.240 e. The molecule has 0 atom stereocenters. The van der Waals surface area contributed by atoms with Gasteiger partial charge < -0.3 is 0 Å². The Labute approximate surface area is 109 Å². The summed E-state index contributed by atoms with van der Waals surface area (Å²) in [6.45, 7) is 0.445. The molecular formula is C10H13BrClNO2S. The van der Waals surface area contributed by atoms with E-state index in [1.54, 1.807) is 12.1 Å². The highest BCUT2D eigenvalue weighted by molar-refractivity contribution is 9.09. The molecular weight excluding hydrogens is 314 g/mol. The Hall–Kier alpha value is -0.100. The maximum absolute atomic E-state index is 11.8. The van der Waals surface area contributed by atoms with Gasteiger partial charge in [0, 0.05) is 16.9 Å². The number of sulfonamides is 1. The van der Waals surface area contributed by atoms with Gasteiger partial charge in [0.15, 0.2) is 0 Å². The molecule has 0 unspecified atom stereocenters. The van der Waals surface area contributed by atoms with Gasteiger partial charge in [0.2, 0.25) is 10.0 Å². The maximum Gasteiger partial charge on any atom is 0.240 e. The Kier molecular flexibility index (Phi) is 5.75. The van der Waals surface area contributed by atoms with Gasteiger partial charge in [0.05, 0.1) is 4.90 Å². The van der Waals surface area contributed by atoms with E-state index in [2.05, 4.69) is 20.7 Å². The summed E-state index contributed by atoms with van der Waals surface area (Å²) in [7, 11) is -3.41. The van der Waals surface area contributed by atoms with E-state index in [1.807, 2.05) is 0 Å². The van der Waals surface area contributed by atoms with Crippen LogP contribution in [0.2, 0.25) is 5.02 Å². The summed E-state index contributed by atoms with van der Waals surface area (Å²) in [5, 5.41) is 1.30. The maximum atomic E-state index is 11.8. The lowest BCUT2D eigenvalue weighted by Gasteiger charge is -2.06. The van der Waals surface area contributed by atoms with Gasteiger partial charge in [-0.1, -0.05) is 33.6 Å². The molecule has 0 aliphatic heterocycles. The fraction of sp³-hybridized carbons (Fsp3) is 0.400. The van der Waals surface area contributed by atoms with Crippen molar-refractivity contribution in [3.63, 3.8) is 0 Å². The first-order chi connectivity index (χ1) is 7.56. The highest BCUT2D eigenvalue weighted by Crippen LogP contribution is 2.15. The average Bonchev–Trinajstić information content (AvgIpc) is 2.24. The molecule has 90 valence electrons. The zero-order chi connectivity index (χ0) is 12.0. The Morgan fingerprint density at radius 2 is 2.06 bits per heavy atom. The summed E-state index contributed by atoms with van der Waals surface area (Å²) in [5.74, 6) is 0. The second-order valence-corrected chi connectivity index (χ2v) is 6.25. The molecule has 0 amide bonds. The molecule has 0 heterocycles. The number of unbranched alkanes of at least 4 members (excludes halogenated alkanes) is 1. The Morgan fingerprint density at radius 3 is 2.69 bits per heavy atom. The standard InChI is InChI=1S/C10H13BrClNO2S/c11-6-1-2-7-13-16(14,15)10-5-3-4-9(12)8-10/h3-5,8,13H,1-2,6-7H2. The van der Waals surface area contributed by atoms with Gasteiger partial charge in [-0.3, -0.25) is 0 Å². The van der Waals surface area contributed by atoms with Crippen molar-refractivity contribution in [3.05, 3.63) is 29.3 Å². The van der Waals surface area contributed by atoms with Crippen LogP contribution in [0.4, 0.5) is 0 Å². The van der Waals surface area contributed by atoms with Crippen LogP contribution < -0.4 is 4.72 Å². The average molecular weight is 327 g/mol. The molecule has 3 nitrogen and oxygen atoms in total. The van der Waals surface area contributed by atoms with Crippen LogP contribution in [-0.4, -0.2) is 20.3 Å². The molecule has 0 saturated carbocycles. The van der Waals surface area contributed by atoms with Crippen molar-refractivity contribution < 1.29 is 8.42 Å². The van der Waals surface area contributed by atoms with Crippen LogP contribution in [0.25, 0.3) is 0 Å². The molecule has 1 N–H and O–H groups in total. The fourth-order valence-electron chi connectivity index (χ4n) is 1.14. The van der Waals surface area contributed by atoms with Crippen LogP contribution in [-0.2, 0) is 10.0 Å². The highest BCUT2D eigenvalue weighted by atomic mass is 79.9. The van der Waals surface area contributed by atoms with Crippen molar-refractivity contribution in [1.29, 1.82) is 0 Å². The highest BCUT2D eigenvalue weighted by Gasteiger charge is 2.12. The topological polar surface area (TPSA) is 46.2 Å². The molecule has 0 radical (unpaired) electrons. The van der Waals surface area contributed by atoms with Crippen molar-refractivity contribution in [1.82, 2.24) is 4.72 Å². The van der Waals surface area contributed by atoms with Gasteiger partial charge >= 0.3 is 0 Å². The van der Waals surface area contributed by atoms with Crippen LogP contribution in [0.5, 0.6) is 0 Å². The number of benzene rings is 1. The predicted molar refractivity (Wildman–Crippen MR) is 69.7 cm³/mol. The van der Waals surface area contributed by atoms with E-state index in [0.717, 1.165) is 18.2 Å². The molecule has 0 aromatic heterocycles. The van der Waals surface area contributed by atoms with Crippen LogP contribution in [0.1, 0.15) is 12.8 Å². The second kappa shape index (κ2) is 6.59. The molecule has 6 heteroatoms. The SMILES string of the molecule is O=S(=O)(NCCCCBr)c1cccc(Cl)c1. The summed E-state index contributed by atoms with van der Waals surface area (Å²) in [6, 6.07) is 6.23. The summed E-state index contributed by atoms with van der Waals surface area (Å²) >= 11 is 9.03. The van der Waals surface area contributed by atoms with Gasteiger partial charge in [-0.15, -0.1) is 0 Å². The number of rotatable bonds is 6. The van der Waals surface area contributed by atoms with E-state index in [-0.39, 0.29) is 4.90 Å². The zero-order valence-electron chi connectivity index (χ0n) is 8.62. The van der Waals surface area contributed by atoms with Crippen molar-refractivity contribution in [3.8, 4) is 0 Å². The first kappa shape index (κ1) is 14.0. The molecule has 1 rings (SSSR count). The molecule has 0 fully saturated rings. The molecule has 0 saturated heterocycles. The minimum absolute atomic E-state index is 0.207. The first-order valence-corrected chi connectivity index (χ1v) is 7.86. The summed E-state index contributed by atoms with van der Waals surface area (Å²) in [6.07, 6.45) is 1.75. The Balaban J connectivity index is 2.64. The van der Waals surface area contributed by atoms with Crippen molar-refractivity contribution in [2.75, 3.05) is 11.9 Å². The van der Waals surface area contributed by atoms with Gasteiger partial charge in [0.25, 0.3) is 0 Å². The Bertz CT molecular complexity index is 436. The Morgan fingerprint density at radius 1 is 1.31 bits per heavy atom. The fourth-order valence-corrected chi connectivity index (χ4v) is 2.91. The predicted octanol–water partition coefficient (Wildman–Crippen LogP) is 2.79. The third-order valence-electron chi connectivity index (χ3n) is 1.96. The first-order valence-electron chi connectivity index (χ1n) is 4.87. The molecule has 0 aliphatic rings. The van der Waals surface area contributed by atoms with E-state index >= 15 is 0 Å². The summed E-state index contributed by atoms with van der Waals surface area (Å²) in [5.41, 5.74) is 0. The molecule has 1 aromatic carbocycles. The third-order valence-corrected chi connectivity index (χ3v) is 4.21. The molecule has 0 bridgehead atoms. The van der Waals surface area contributed by atoms with Crippen LogP contribution in [0.15, 0.2) is 29.2 Å². The number of halogens is 2. The smallest absolute Gasteiger partial charge is 0.211 e. The third kappa shape index (κ3) is 4.41. The lowest BCUT2D eigenvalue weighted by molar-refractivity contribution is 0.578. The van der Waals surface area contributed by atoms with Gasteiger partial charge in [-0.05, 0) is 31.0 Å². The van der Waals surface area contributed by atoms with Crippen molar-refractivity contribution in [2.45, 2.75) is 17.7 Å². The lowest BCUT2D eigenvalue weighted by Crippen LogP contribution is -2.24. The summed E-state index contributed by atoms with van der Waals surface area (Å²) < 4.78 is 26.1. The van der Waals surface area contributed by atoms with Gasteiger partial charge in [-0.2, -0.15) is 0 Å². The zero-order valence-corrected chi connectivity index (χ0v) is 11.8. The van der Waals surface area contributed by atoms with Crippen LogP contribution in [0, 0.1) is 0 Å². The van der Waals surface area contributed by atoms with Crippen LogP contribution >= 0.6 is 27.5 Å². The van der Waals surface area contributed by atoms with E-state index in [9.17, 15) is 8.42 Å². The van der Waals surface area contributed by atoms with E-state index in [1.165, 1.54) is 12.1 Å². The molecule has 0 aliphatic carbocycles.